The quantitative estimate of drug-likeness (QED) is 0.1000. The Kier molecular flexibility index (Phi) is 9.91. The molecule has 1 radical (unpaired) electrons. The molecule has 0 aromatic rings. The minimum atomic E-state index is -5.32. The van der Waals surface area contributed by atoms with Crippen molar-refractivity contribution in [1.29, 1.82) is 0 Å². The molecule has 22 heteroatoms. The minimum absolute atomic E-state index is 0. The summed E-state index contributed by atoms with van der Waals surface area (Å²) < 4.78 is 48.3. The number of fused-ring (bicyclic) bond motifs is 1. The van der Waals surface area contributed by atoms with E-state index in [2.05, 4.69) is 24.8 Å². The molecule has 11 N–H and O–H groups in total. The van der Waals surface area contributed by atoms with Crippen molar-refractivity contribution in [2.24, 2.45) is 5.73 Å². The minimum Gasteiger partial charge on any atom is -0.387 e. The van der Waals surface area contributed by atoms with Gasteiger partial charge in [0.15, 0.2) is 5.90 Å². The second-order valence-corrected chi connectivity index (χ2v) is 12.9. The number of phosphoric acid groups is 1. The monoisotopic (exact) mass is 550 g/mol. The molecule has 3 aliphatic rings. The van der Waals surface area contributed by atoms with Crippen LogP contribution in [0.2, 0.25) is 0 Å². The van der Waals surface area contributed by atoms with Gasteiger partial charge in [-0.15, -0.1) is 0 Å². The number of phosphoric ester groups is 1. The van der Waals surface area contributed by atoms with Crippen LogP contribution >= 0.6 is 23.0 Å². The largest absolute Gasteiger partial charge is 0.479 e. The zero-order valence-corrected chi connectivity index (χ0v) is 21.8. The SMILES string of the molecule is NC1NC(=O)C2NCN(C3OC(COP(=O)(O)OP(=O)(O)CP(=O)(O)O)C(O)C3O)C2N1.[Na]. The molecule has 0 bridgehead atoms. The van der Waals surface area contributed by atoms with Crippen molar-refractivity contribution in [2.45, 2.75) is 43.0 Å². The Balaban J connectivity index is 0.00000385. The number of carbonyl (C=O) groups is 1. The number of nitrogens with zero attached hydrogens (tertiary/aromatic N) is 1. The van der Waals surface area contributed by atoms with Gasteiger partial charge in [0, 0.05) is 29.6 Å². The molecule has 0 saturated carbocycles. The van der Waals surface area contributed by atoms with E-state index in [1.165, 1.54) is 4.90 Å². The fourth-order valence-electron chi connectivity index (χ4n) is 3.50. The summed E-state index contributed by atoms with van der Waals surface area (Å²) in [5.41, 5.74) is 5.68. The molecule has 9 unspecified atom stereocenters. The van der Waals surface area contributed by atoms with Gasteiger partial charge in [0.2, 0.25) is 5.91 Å². The van der Waals surface area contributed by atoms with Gasteiger partial charge in [-0.25, -0.2) is 13.8 Å². The number of nitrogens with two attached hydrogens (primary N) is 1. The van der Waals surface area contributed by atoms with Crippen LogP contribution < -0.4 is 21.7 Å². The standard InChI is InChI=1S/C11H24N5O13P3.Na/c12-11-14-8-5(9(19)15-11)13-2-16(8)10-7(18)6(17)4(28-10)1-27-32(25,26)29-31(23,24)3-30(20,21)22;/h4-8,10-11,13-14,17-18H,1-3,12H2,(H,15,19)(H,23,24)(H,25,26)(H2,20,21,22);. The average Bonchev–Trinajstić information content (AvgIpc) is 3.12. The van der Waals surface area contributed by atoms with Crippen molar-refractivity contribution >= 4 is 58.5 Å². The Bertz CT molecular complexity index is 879. The molecule has 18 nitrogen and oxygen atoms in total. The number of rotatable bonds is 8. The van der Waals surface area contributed by atoms with Gasteiger partial charge in [-0.2, -0.15) is 0 Å². The maximum Gasteiger partial charge on any atom is 0.479 e. The Morgan fingerprint density at radius 2 is 1.79 bits per heavy atom. The van der Waals surface area contributed by atoms with Crippen LogP contribution in [0.4, 0.5) is 0 Å². The first-order valence-corrected chi connectivity index (χ1v) is 14.0. The van der Waals surface area contributed by atoms with Crippen LogP contribution in [-0.2, 0) is 32.1 Å². The number of ether oxygens (including phenoxy) is 1. The van der Waals surface area contributed by atoms with Gasteiger partial charge in [-0.05, 0) is 0 Å². The molecule has 3 saturated heterocycles. The number of nitrogens with one attached hydrogen (secondary N) is 3. The van der Waals surface area contributed by atoms with Crippen molar-refractivity contribution in [2.75, 3.05) is 19.2 Å². The van der Waals surface area contributed by atoms with Crippen molar-refractivity contribution in [1.82, 2.24) is 20.9 Å². The van der Waals surface area contributed by atoms with Crippen LogP contribution in [0.3, 0.4) is 0 Å². The van der Waals surface area contributed by atoms with Crippen molar-refractivity contribution in [3.05, 3.63) is 0 Å². The molecule has 3 heterocycles. The van der Waals surface area contributed by atoms with Gasteiger partial charge >= 0.3 is 23.0 Å². The van der Waals surface area contributed by atoms with E-state index in [0.717, 1.165) is 0 Å². The van der Waals surface area contributed by atoms with Crippen LogP contribution in [-0.4, -0.2) is 132 Å². The third-order valence-corrected chi connectivity index (χ3v) is 9.98. The first-order valence-electron chi connectivity index (χ1n) is 8.96. The Hall–Kier alpha value is 0.640. The van der Waals surface area contributed by atoms with Crippen molar-refractivity contribution < 1.29 is 61.8 Å². The first-order chi connectivity index (χ1) is 14.6. The zero-order chi connectivity index (χ0) is 24.1. The Labute approximate surface area is 208 Å². The van der Waals surface area contributed by atoms with Gasteiger partial charge in [0.05, 0.1) is 19.4 Å². The van der Waals surface area contributed by atoms with E-state index in [4.69, 9.17) is 20.3 Å². The molecular weight excluding hydrogens is 526 g/mol. The summed E-state index contributed by atoms with van der Waals surface area (Å²) in [4.78, 5) is 49.9. The molecule has 3 aliphatic heterocycles. The molecule has 0 spiro atoms. The van der Waals surface area contributed by atoms with E-state index in [0.29, 0.717) is 0 Å². The summed E-state index contributed by atoms with van der Waals surface area (Å²) in [5.74, 6) is -2.12. The van der Waals surface area contributed by atoms with Gasteiger partial charge in [0.25, 0.3) is 0 Å². The predicted octanol–water partition coefficient (Wildman–Crippen LogP) is -4.97. The van der Waals surface area contributed by atoms with Crippen LogP contribution in [0.15, 0.2) is 0 Å². The normalized spacial score (nSPS) is 38.6. The predicted molar refractivity (Wildman–Crippen MR) is 107 cm³/mol. The first kappa shape index (κ1) is 29.9. The molecule has 9 atom stereocenters. The summed E-state index contributed by atoms with van der Waals surface area (Å²) in [7, 11) is -15.6. The van der Waals surface area contributed by atoms with Crippen molar-refractivity contribution in [3.8, 4) is 0 Å². The molecule has 1 amide bonds. The van der Waals surface area contributed by atoms with Crippen LogP contribution in [0.5, 0.6) is 0 Å². The molecule has 0 aromatic carbocycles. The third-order valence-electron chi connectivity index (χ3n) is 4.76. The number of hydrogen-bond donors (Lipinski definition) is 10. The Morgan fingerprint density at radius 1 is 1.15 bits per heavy atom. The average molecular weight is 550 g/mol. The third kappa shape index (κ3) is 7.57. The summed E-state index contributed by atoms with van der Waals surface area (Å²) in [5, 5.41) is 28.8. The summed E-state index contributed by atoms with van der Waals surface area (Å²) in [6.45, 7) is -0.858. The van der Waals surface area contributed by atoms with Crippen LogP contribution in [0.25, 0.3) is 0 Å². The van der Waals surface area contributed by atoms with E-state index >= 15 is 0 Å². The number of hydrogen-bond acceptors (Lipinski definition) is 13. The summed E-state index contributed by atoms with van der Waals surface area (Å²) in [6, 6.07) is -0.739. The molecule has 3 rings (SSSR count). The topological polar surface area (TPSA) is 283 Å². The summed E-state index contributed by atoms with van der Waals surface area (Å²) in [6.07, 6.45) is -7.40. The molecule has 0 aromatic heterocycles. The van der Waals surface area contributed by atoms with E-state index in [1.54, 1.807) is 0 Å². The number of aliphatic hydroxyl groups excluding tert-OH is 2. The fraction of sp³-hybridized carbons (Fsp3) is 0.909. The van der Waals surface area contributed by atoms with Crippen LogP contribution in [0, 0.1) is 0 Å². The van der Waals surface area contributed by atoms with E-state index in [9.17, 15) is 38.5 Å². The van der Waals surface area contributed by atoms with Crippen LogP contribution in [0.1, 0.15) is 0 Å². The Morgan fingerprint density at radius 3 is 2.39 bits per heavy atom. The maximum absolute atomic E-state index is 12.0. The van der Waals surface area contributed by atoms with Gasteiger partial charge in [-0.3, -0.25) is 34.8 Å². The summed E-state index contributed by atoms with van der Waals surface area (Å²) >= 11 is 0. The molecule has 3 fully saturated rings. The number of aliphatic hydroxyl groups is 2. The zero-order valence-electron chi connectivity index (χ0n) is 17.1. The molecule has 0 aliphatic carbocycles. The smallest absolute Gasteiger partial charge is 0.387 e. The van der Waals surface area contributed by atoms with Crippen molar-refractivity contribution in [3.63, 3.8) is 0 Å². The van der Waals surface area contributed by atoms with Gasteiger partial charge in [0.1, 0.15) is 36.9 Å². The number of amides is 1. The van der Waals surface area contributed by atoms with Gasteiger partial charge in [-0.1, -0.05) is 0 Å². The van der Waals surface area contributed by atoms with E-state index < -0.39 is 84.5 Å². The maximum atomic E-state index is 12.0. The molecule has 187 valence electrons. The second kappa shape index (κ2) is 10.9. The molecular formula is C11H24N5NaO13P3. The molecule has 33 heavy (non-hydrogen) atoms. The van der Waals surface area contributed by atoms with Gasteiger partial charge < -0.3 is 39.8 Å². The second-order valence-electron chi connectivity index (χ2n) is 7.29. The number of carbonyl (C=O) groups excluding carboxylic acids is 1. The fourth-order valence-corrected chi connectivity index (χ4v) is 7.85. The van der Waals surface area contributed by atoms with E-state index in [-0.39, 0.29) is 36.2 Å². The van der Waals surface area contributed by atoms with E-state index in [1.807, 2.05) is 0 Å².